The monoisotopic (exact) mass is 548 g/mol. The number of aromatic nitrogens is 1. The van der Waals surface area contributed by atoms with Gasteiger partial charge in [-0.05, 0) is 73.9 Å². The number of methoxy groups -OCH3 is 2. The standard InChI is InChI=1S/C29H29ClN4O5/c1-17-5-8-22(18(2)13-17)32-27(35)24-16-20-15-21(30)7-9-23(20)34(24)33-29(37)28(36)31-12-11-19-6-10-25(38-3)26(14-19)39-4/h5-10,13-16H,11-12H2,1-4H3,(H,31,36)(H,32,35)(H,33,37). The minimum Gasteiger partial charge on any atom is -0.493 e. The summed E-state index contributed by atoms with van der Waals surface area (Å²) in [6.07, 6.45) is 0.466. The van der Waals surface area contributed by atoms with Crippen molar-refractivity contribution in [3.8, 4) is 11.5 Å². The molecule has 1 heterocycles. The van der Waals surface area contributed by atoms with Crippen molar-refractivity contribution < 1.29 is 23.9 Å². The lowest BCUT2D eigenvalue weighted by atomic mass is 10.1. The molecule has 3 N–H and O–H groups in total. The zero-order valence-electron chi connectivity index (χ0n) is 22.1. The Hall–Kier alpha value is -4.50. The number of amides is 3. The summed E-state index contributed by atoms with van der Waals surface area (Å²) in [5.41, 5.74) is 6.70. The van der Waals surface area contributed by atoms with Crippen molar-refractivity contribution in [1.82, 2.24) is 9.99 Å². The summed E-state index contributed by atoms with van der Waals surface area (Å²) in [6.45, 7) is 4.07. The second kappa shape index (κ2) is 11.9. The second-order valence-corrected chi connectivity index (χ2v) is 9.41. The maximum absolute atomic E-state index is 13.3. The normalized spacial score (nSPS) is 10.7. The number of rotatable bonds is 8. The first-order chi connectivity index (χ1) is 18.7. The van der Waals surface area contributed by atoms with Crippen LogP contribution in [0.2, 0.25) is 5.02 Å². The van der Waals surface area contributed by atoms with E-state index in [1.807, 2.05) is 44.2 Å². The van der Waals surface area contributed by atoms with E-state index in [0.717, 1.165) is 16.7 Å². The lowest BCUT2D eigenvalue weighted by Crippen LogP contribution is -2.40. The molecule has 0 spiro atoms. The van der Waals surface area contributed by atoms with E-state index in [1.165, 1.54) is 4.68 Å². The predicted molar refractivity (Wildman–Crippen MR) is 151 cm³/mol. The first-order valence-electron chi connectivity index (χ1n) is 12.2. The van der Waals surface area contributed by atoms with Crippen LogP contribution in [0, 0.1) is 13.8 Å². The minimum absolute atomic E-state index is 0.138. The van der Waals surface area contributed by atoms with Crippen LogP contribution in [-0.4, -0.2) is 43.2 Å². The van der Waals surface area contributed by atoms with Crippen molar-refractivity contribution in [1.29, 1.82) is 0 Å². The van der Waals surface area contributed by atoms with Gasteiger partial charge in [-0.25, -0.2) is 4.68 Å². The van der Waals surface area contributed by atoms with Gasteiger partial charge in [0.25, 0.3) is 5.91 Å². The van der Waals surface area contributed by atoms with E-state index in [0.29, 0.717) is 39.5 Å². The summed E-state index contributed by atoms with van der Waals surface area (Å²) in [5, 5.41) is 6.59. The van der Waals surface area contributed by atoms with E-state index in [2.05, 4.69) is 16.1 Å². The number of carbonyl (C=O) groups excluding carboxylic acids is 3. The molecule has 0 aliphatic heterocycles. The summed E-state index contributed by atoms with van der Waals surface area (Å²) in [6, 6.07) is 17.7. The van der Waals surface area contributed by atoms with Crippen molar-refractivity contribution in [2.75, 3.05) is 31.5 Å². The number of nitrogens with zero attached hydrogens (tertiary/aromatic N) is 1. The van der Waals surface area contributed by atoms with Gasteiger partial charge >= 0.3 is 11.8 Å². The molecule has 0 aliphatic rings. The largest absolute Gasteiger partial charge is 0.493 e. The lowest BCUT2D eigenvalue weighted by molar-refractivity contribution is -0.136. The summed E-state index contributed by atoms with van der Waals surface area (Å²) in [5.74, 6) is -1.04. The van der Waals surface area contributed by atoms with Crippen molar-refractivity contribution in [3.63, 3.8) is 0 Å². The molecular weight excluding hydrogens is 520 g/mol. The van der Waals surface area contributed by atoms with Crippen LogP contribution < -0.4 is 25.5 Å². The minimum atomic E-state index is -0.921. The van der Waals surface area contributed by atoms with Crippen LogP contribution in [0.3, 0.4) is 0 Å². The Bertz CT molecular complexity index is 1560. The topological polar surface area (TPSA) is 111 Å². The van der Waals surface area contributed by atoms with Crippen LogP contribution in [0.15, 0.2) is 60.7 Å². The maximum Gasteiger partial charge on any atom is 0.328 e. The highest BCUT2D eigenvalue weighted by molar-refractivity contribution is 6.38. The second-order valence-electron chi connectivity index (χ2n) is 8.98. The fourth-order valence-corrected chi connectivity index (χ4v) is 4.38. The molecule has 9 nitrogen and oxygen atoms in total. The Kier molecular flexibility index (Phi) is 8.41. The number of aryl methyl sites for hydroxylation is 2. The molecule has 0 aliphatic carbocycles. The van der Waals surface area contributed by atoms with E-state index in [9.17, 15) is 14.4 Å². The Morgan fingerprint density at radius 2 is 1.64 bits per heavy atom. The smallest absolute Gasteiger partial charge is 0.328 e. The van der Waals surface area contributed by atoms with Gasteiger partial charge in [0.1, 0.15) is 5.69 Å². The van der Waals surface area contributed by atoms with E-state index < -0.39 is 17.7 Å². The Morgan fingerprint density at radius 1 is 0.872 bits per heavy atom. The molecule has 3 amide bonds. The van der Waals surface area contributed by atoms with Gasteiger partial charge in [0, 0.05) is 22.6 Å². The molecule has 0 saturated carbocycles. The predicted octanol–water partition coefficient (Wildman–Crippen LogP) is 4.61. The third-order valence-electron chi connectivity index (χ3n) is 6.19. The van der Waals surface area contributed by atoms with E-state index >= 15 is 0 Å². The summed E-state index contributed by atoms with van der Waals surface area (Å²) in [7, 11) is 3.10. The van der Waals surface area contributed by atoms with Gasteiger partial charge < -0.3 is 20.1 Å². The van der Waals surface area contributed by atoms with Crippen LogP contribution in [0.25, 0.3) is 10.9 Å². The number of ether oxygens (including phenoxy) is 2. The number of halogens is 1. The van der Waals surface area contributed by atoms with Crippen molar-refractivity contribution in [2.45, 2.75) is 20.3 Å². The third kappa shape index (κ3) is 6.32. The molecule has 0 unspecified atom stereocenters. The highest BCUT2D eigenvalue weighted by Crippen LogP contribution is 2.28. The number of carbonyl (C=O) groups is 3. The average Bonchev–Trinajstić information content (AvgIpc) is 3.27. The van der Waals surface area contributed by atoms with Crippen molar-refractivity contribution in [3.05, 3.63) is 88.1 Å². The van der Waals surface area contributed by atoms with Gasteiger partial charge in [0.2, 0.25) is 0 Å². The van der Waals surface area contributed by atoms with Gasteiger partial charge in [0.15, 0.2) is 11.5 Å². The molecule has 0 saturated heterocycles. The van der Waals surface area contributed by atoms with E-state index in [4.69, 9.17) is 21.1 Å². The average molecular weight is 549 g/mol. The van der Waals surface area contributed by atoms with Crippen LogP contribution in [0.5, 0.6) is 11.5 Å². The Labute approximate surface area is 231 Å². The molecule has 1 aromatic heterocycles. The molecule has 3 aromatic carbocycles. The van der Waals surface area contributed by atoms with Crippen LogP contribution in [0.1, 0.15) is 27.2 Å². The number of hydrogen-bond donors (Lipinski definition) is 3. The molecule has 0 radical (unpaired) electrons. The van der Waals surface area contributed by atoms with E-state index in [-0.39, 0.29) is 12.2 Å². The van der Waals surface area contributed by atoms with Gasteiger partial charge in [-0.2, -0.15) is 0 Å². The van der Waals surface area contributed by atoms with Gasteiger partial charge in [-0.15, -0.1) is 0 Å². The molecule has 0 bridgehead atoms. The van der Waals surface area contributed by atoms with Crippen molar-refractivity contribution in [2.24, 2.45) is 0 Å². The van der Waals surface area contributed by atoms with Gasteiger partial charge in [0.05, 0.1) is 19.7 Å². The van der Waals surface area contributed by atoms with Gasteiger partial charge in [-0.3, -0.25) is 19.8 Å². The summed E-state index contributed by atoms with van der Waals surface area (Å²) >= 11 is 6.15. The lowest BCUT2D eigenvalue weighted by Gasteiger charge is -2.14. The number of fused-ring (bicyclic) bond motifs is 1. The first-order valence-corrected chi connectivity index (χ1v) is 12.6. The molecular formula is C29H29ClN4O5. The molecule has 4 rings (SSSR count). The fraction of sp³-hybridized carbons (Fsp3) is 0.207. The highest BCUT2D eigenvalue weighted by Gasteiger charge is 2.21. The van der Waals surface area contributed by atoms with E-state index in [1.54, 1.807) is 44.6 Å². The number of nitrogens with one attached hydrogen (secondary N) is 3. The number of benzene rings is 3. The van der Waals surface area contributed by atoms with Crippen molar-refractivity contribution >= 4 is 45.9 Å². The molecule has 0 fully saturated rings. The highest BCUT2D eigenvalue weighted by atomic mass is 35.5. The number of anilines is 1. The van der Waals surface area contributed by atoms with Crippen LogP contribution in [0.4, 0.5) is 5.69 Å². The summed E-state index contributed by atoms with van der Waals surface area (Å²) in [4.78, 5) is 38.7. The fourth-order valence-electron chi connectivity index (χ4n) is 4.20. The quantitative estimate of drug-likeness (QED) is 0.278. The third-order valence-corrected chi connectivity index (χ3v) is 6.43. The Balaban J connectivity index is 1.49. The van der Waals surface area contributed by atoms with Crippen LogP contribution >= 0.6 is 11.6 Å². The zero-order chi connectivity index (χ0) is 28.1. The first kappa shape index (κ1) is 27.5. The molecule has 39 heavy (non-hydrogen) atoms. The maximum atomic E-state index is 13.3. The van der Waals surface area contributed by atoms with Gasteiger partial charge in [-0.1, -0.05) is 35.4 Å². The SMILES string of the molecule is COc1ccc(CCNC(=O)C(=O)Nn2c(C(=O)Nc3ccc(C)cc3C)cc3cc(Cl)ccc32)cc1OC. The Morgan fingerprint density at radius 3 is 2.36 bits per heavy atom. The molecule has 4 aromatic rings. The number of hydrogen-bond acceptors (Lipinski definition) is 5. The molecule has 202 valence electrons. The molecule has 10 heteroatoms. The van der Waals surface area contributed by atoms with Crippen LogP contribution in [-0.2, 0) is 16.0 Å². The molecule has 0 atom stereocenters. The summed E-state index contributed by atoms with van der Waals surface area (Å²) < 4.78 is 11.8. The zero-order valence-corrected chi connectivity index (χ0v) is 22.8.